The Morgan fingerprint density at radius 2 is 1.67 bits per heavy atom. The lowest BCUT2D eigenvalue weighted by Gasteiger charge is -2.37. The average molecular weight is 326 g/mol. The second-order valence-electron chi connectivity index (χ2n) is 6.23. The van der Waals surface area contributed by atoms with Crippen LogP contribution in [-0.4, -0.2) is 45.3 Å². The van der Waals surface area contributed by atoms with Crippen molar-refractivity contribution in [3.05, 3.63) is 53.6 Å². The fourth-order valence-electron chi connectivity index (χ4n) is 3.31. The third-order valence-electron chi connectivity index (χ3n) is 4.71. The van der Waals surface area contributed by atoms with Crippen molar-refractivity contribution < 1.29 is 9.47 Å². The van der Waals surface area contributed by atoms with Crippen molar-refractivity contribution in [3.8, 4) is 11.5 Å². The molecule has 0 unspecified atom stereocenters. The molecule has 1 aliphatic heterocycles. The molecule has 4 nitrogen and oxygen atoms in total. The van der Waals surface area contributed by atoms with Crippen LogP contribution in [-0.2, 0) is 6.54 Å². The number of piperazine rings is 1. The maximum absolute atomic E-state index is 5.50. The largest absolute Gasteiger partial charge is 0.497 e. The summed E-state index contributed by atoms with van der Waals surface area (Å²) in [6.07, 6.45) is 0. The van der Waals surface area contributed by atoms with Gasteiger partial charge in [0.25, 0.3) is 0 Å². The number of anilines is 1. The average Bonchev–Trinajstić information content (AvgIpc) is 2.63. The number of rotatable bonds is 5. The van der Waals surface area contributed by atoms with E-state index in [1.807, 2.05) is 12.1 Å². The Morgan fingerprint density at radius 3 is 2.33 bits per heavy atom. The quantitative estimate of drug-likeness (QED) is 0.841. The topological polar surface area (TPSA) is 24.9 Å². The molecule has 1 saturated heterocycles. The first-order chi connectivity index (χ1) is 11.7. The Morgan fingerprint density at radius 1 is 0.917 bits per heavy atom. The van der Waals surface area contributed by atoms with E-state index in [4.69, 9.17) is 9.47 Å². The zero-order valence-corrected chi connectivity index (χ0v) is 14.8. The van der Waals surface area contributed by atoms with Gasteiger partial charge in [0, 0.05) is 44.0 Å². The molecule has 3 rings (SSSR count). The molecule has 0 aromatic heterocycles. The van der Waals surface area contributed by atoms with Gasteiger partial charge in [0.2, 0.25) is 0 Å². The van der Waals surface area contributed by atoms with E-state index < -0.39 is 0 Å². The van der Waals surface area contributed by atoms with Gasteiger partial charge >= 0.3 is 0 Å². The van der Waals surface area contributed by atoms with Crippen LogP contribution in [0, 0.1) is 6.92 Å². The summed E-state index contributed by atoms with van der Waals surface area (Å²) in [6.45, 7) is 7.28. The number of benzene rings is 2. The van der Waals surface area contributed by atoms with Gasteiger partial charge in [0.15, 0.2) is 0 Å². The molecule has 128 valence electrons. The van der Waals surface area contributed by atoms with Crippen molar-refractivity contribution in [1.82, 2.24) is 4.90 Å². The second-order valence-corrected chi connectivity index (χ2v) is 6.23. The number of hydrogen-bond acceptors (Lipinski definition) is 4. The lowest BCUT2D eigenvalue weighted by Crippen LogP contribution is -2.46. The van der Waals surface area contributed by atoms with E-state index in [2.05, 4.69) is 47.1 Å². The Bertz CT molecular complexity index is 679. The van der Waals surface area contributed by atoms with Gasteiger partial charge in [0.1, 0.15) is 11.5 Å². The van der Waals surface area contributed by atoms with Gasteiger partial charge in [-0.05, 0) is 36.8 Å². The SMILES string of the molecule is COc1ccc(OC)c(CN2CCN(c3ccccc3C)CC2)c1. The lowest BCUT2D eigenvalue weighted by atomic mass is 10.1. The number of aryl methyl sites for hydroxylation is 1. The minimum absolute atomic E-state index is 0.879. The molecule has 0 N–H and O–H groups in total. The number of methoxy groups -OCH3 is 2. The highest BCUT2D eigenvalue weighted by Gasteiger charge is 2.19. The standard InChI is InChI=1S/C20H26N2O2/c1-16-6-4-5-7-19(16)22-12-10-21(11-13-22)15-17-14-18(23-2)8-9-20(17)24-3/h4-9,14H,10-13,15H2,1-3H3. The van der Waals surface area contributed by atoms with Gasteiger partial charge in [-0.25, -0.2) is 0 Å². The van der Waals surface area contributed by atoms with Crippen LogP contribution >= 0.6 is 0 Å². The summed E-state index contributed by atoms with van der Waals surface area (Å²) < 4.78 is 10.8. The smallest absolute Gasteiger partial charge is 0.123 e. The number of hydrogen-bond donors (Lipinski definition) is 0. The molecule has 1 fully saturated rings. The fourth-order valence-corrected chi connectivity index (χ4v) is 3.31. The van der Waals surface area contributed by atoms with Gasteiger partial charge in [-0.1, -0.05) is 18.2 Å². The van der Waals surface area contributed by atoms with Crippen LogP contribution in [0.2, 0.25) is 0 Å². The molecule has 2 aromatic rings. The third-order valence-corrected chi connectivity index (χ3v) is 4.71. The molecule has 1 aliphatic rings. The summed E-state index contributed by atoms with van der Waals surface area (Å²) in [6, 6.07) is 14.6. The van der Waals surface area contributed by atoms with Crippen molar-refractivity contribution in [2.24, 2.45) is 0 Å². The summed E-state index contributed by atoms with van der Waals surface area (Å²) in [5.74, 6) is 1.81. The zero-order valence-electron chi connectivity index (χ0n) is 14.8. The lowest BCUT2D eigenvalue weighted by molar-refractivity contribution is 0.245. The number of nitrogens with zero attached hydrogens (tertiary/aromatic N) is 2. The van der Waals surface area contributed by atoms with E-state index in [1.54, 1.807) is 14.2 Å². The molecular weight excluding hydrogens is 300 g/mol. The molecular formula is C20H26N2O2. The maximum atomic E-state index is 5.50. The van der Waals surface area contributed by atoms with Crippen molar-refractivity contribution in [2.75, 3.05) is 45.3 Å². The maximum Gasteiger partial charge on any atom is 0.123 e. The van der Waals surface area contributed by atoms with Crippen molar-refractivity contribution in [3.63, 3.8) is 0 Å². The number of ether oxygens (including phenoxy) is 2. The first-order valence-electron chi connectivity index (χ1n) is 8.45. The minimum atomic E-state index is 0.879. The normalized spacial score (nSPS) is 15.4. The fraction of sp³-hybridized carbons (Fsp3) is 0.400. The first-order valence-corrected chi connectivity index (χ1v) is 8.45. The molecule has 0 radical (unpaired) electrons. The Balaban J connectivity index is 1.64. The highest BCUT2D eigenvalue weighted by molar-refractivity contribution is 5.53. The summed E-state index contributed by atoms with van der Waals surface area (Å²) in [7, 11) is 3.42. The molecule has 0 bridgehead atoms. The Hall–Kier alpha value is -2.20. The van der Waals surface area contributed by atoms with Gasteiger partial charge in [-0.3, -0.25) is 4.90 Å². The van der Waals surface area contributed by atoms with Gasteiger partial charge in [-0.2, -0.15) is 0 Å². The molecule has 0 atom stereocenters. The predicted molar refractivity (Wildman–Crippen MR) is 98.2 cm³/mol. The van der Waals surface area contributed by atoms with Crippen LogP contribution < -0.4 is 14.4 Å². The van der Waals surface area contributed by atoms with E-state index in [1.165, 1.54) is 16.8 Å². The highest BCUT2D eigenvalue weighted by atomic mass is 16.5. The summed E-state index contributed by atoms with van der Waals surface area (Å²) in [4.78, 5) is 4.96. The van der Waals surface area contributed by atoms with Crippen LogP contribution in [0.15, 0.2) is 42.5 Å². The van der Waals surface area contributed by atoms with Crippen molar-refractivity contribution >= 4 is 5.69 Å². The van der Waals surface area contributed by atoms with E-state index in [0.717, 1.165) is 44.2 Å². The molecule has 2 aromatic carbocycles. The summed E-state index contributed by atoms with van der Waals surface area (Å²) >= 11 is 0. The number of para-hydroxylation sites is 1. The van der Waals surface area contributed by atoms with Crippen LogP contribution in [0.5, 0.6) is 11.5 Å². The van der Waals surface area contributed by atoms with E-state index >= 15 is 0 Å². The van der Waals surface area contributed by atoms with Gasteiger partial charge in [-0.15, -0.1) is 0 Å². The van der Waals surface area contributed by atoms with Crippen LogP contribution in [0.3, 0.4) is 0 Å². The van der Waals surface area contributed by atoms with E-state index in [0.29, 0.717) is 0 Å². The molecule has 0 saturated carbocycles. The third kappa shape index (κ3) is 3.65. The molecule has 0 aliphatic carbocycles. The van der Waals surface area contributed by atoms with Crippen molar-refractivity contribution in [2.45, 2.75) is 13.5 Å². The molecule has 0 spiro atoms. The highest BCUT2D eigenvalue weighted by Crippen LogP contribution is 2.26. The molecule has 0 amide bonds. The molecule has 4 heteroatoms. The van der Waals surface area contributed by atoms with E-state index in [9.17, 15) is 0 Å². The monoisotopic (exact) mass is 326 g/mol. The van der Waals surface area contributed by atoms with Crippen LogP contribution in [0.25, 0.3) is 0 Å². The van der Waals surface area contributed by atoms with Gasteiger partial charge < -0.3 is 14.4 Å². The minimum Gasteiger partial charge on any atom is -0.497 e. The van der Waals surface area contributed by atoms with E-state index in [-0.39, 0.29) is 0 Å². The Kier molecular flexibility index (Phi) is 5.26. The second kappa shape index (κ2) is 7.58. The first kappa shape index (κ1) is 16.7. The molecule has 24 heavy (non-hydrogen) atoms. The Labute approximate surface area is 144 Å². The molecule has 1 heterocycles. The van der Waals surface area contributed by atoms with Crippen LogP contribution in [0.1, 0.15) is 11.1 Å². The predicted octanol–water partition coefficient (Wildman–Crippen LogP) is 3.33. The van der Waals surface area contributed by atoms with Crippen LogP contribution in [0.4, 0.5) is 5.69 Å². The van der Waals surface area contributed by atoms with Crippen molar-refractivity contribution in [1.29, 1.82) is 0 Å². The summed E-state index contributed by atoms with van der Waals surface area (Å²) in [5.41, 5.74) is 3.89. The zero-order chi connectivity index (χ0) is 16.9. The van der Waals surface area contributed by atoms with Gasteiger partial charge in [0.05, 0.1) is 14.2 Å². The summed E-state index contributed by atoms with van der Waals surface area (Å²) in [5, 5.41) is 0.